The fourth-order valence-corrected chi connectivity index (χ4v) is 4.99. The number of para-hydroxylation sites is 1. The molecule has 6 nitrogen and oxygen atoms in total. The van der Waals surface area contributed by atoms with Gasteiger partial charge in [-0.25, -0.2) is 9.79 Å². The molecule has 1 aliphatic heterocycles. The van der Waals surface area contributed by atoms with Gasteiger partial charge < -0.3 is 9.47 Å². The summed E-state index contributed by atoms with van der Waals surface area (Å²) in [6.07, 6.45) is 1.72. The molecule has 1 aliphatic rings. The van der Waals surface area contributed by atoms with E-state index in [1.54, 1.807) is 44.4 Å². The minimum Gasteiger partial charge on any atom is -0.496 e. The van der Waals surface area contributed by atoms with Crippen molar-refractivity contribution in [3.63, 3.8) is 0 Å². The van der Waals surface area contributed by atoms with Gasteiger partial charge in [0.15, 0.2) is 4.80 Å². The van der Waals surface area contributed by atoms with Crippen molar-refractivity contribution in [1.29, 1.82) is 0 Å². The Labute approximate surface area is 197 Å². The number of rotatable bonds is 4. The standard InChI is InChI=1S/C23H18Cl2N2O4S/c1-12-19(22(29)31-3)20(14-6-4-5-7-17(14)30-2)27-21(28)18(32-23(27)26-12)11-13-8-9-15(24)16(25)10-13/h4-11,20H,1-3H3/b18-11-/t20-/m1/s1. The van der Waals surface area contributed by atoms with Gasteiger partial charge in [0.05, 0.1) is 40.1 Å². The molecule has 0 aliphatic carbocycles. The second kappa shape index (κ2) is 8.94. The van der Waals surface area contributed by atoms with Gasteiger partial charge in [0.2, 0.25) is 0 Å². The maximum Gasteiger partial charge on any atom is 0.338 e. The summed E-state index contributed by atoms with van der Waals surface area (Å²) in [5.41, 5.74) is 1.86. The number of hydrogen-bond donors (Lipinski definition) is 0. The third-order valence-electron chi connectivity index (χ3n) is 5.10. The summed E-state index contributed by atoms with van der Waals surface area (Å²) in [4.78, 5) is 31.3. The zero-order valence-corrected chi connectivity index (χ0v) is 19.7. The quantitative estimate of drug-likeness (QED) is 0.524. The van der Waals surface area contributed by atoms with Gasteiger partial charge in [-0.15, -0.1) is 0 Å². The van der Waals surface area contributed by atoms with Gasteiger partial charge in [-0.05, 0) is 36.8 Å². The number of benzene rings is 2. The molecule has 0 amide bonds. The third kappa shape index (κ3) is 3.88. The van der Waals surface area contributed by atoms with E-state index in [1.165, 1.54) is 23.0 Å². The van der Waals surface area contributed by atoms with Crippen molar-refractivity contribution < 1.29 is 14.3 Å². The van der Waals surface area contributed by atoms with Crippen molar-refractivity contribution in [2.75, 3.05) is 14.2 Å². The van der Waals surface area contributed by atoms with Gasteiger partial charge in [-0.3, -0.25) is 9.36 Å². The van der Waals surface area contributed by atoms with Gasteiger partial charge in [-0.1, -0.05) is 58.8 Å². The largest absolute Gasteiger partial charge is 0.496 e. The second-order valence-corrected chi connectivity index (χ2v) is 8.81. The first kappa shape index (κ1) is 22.3. The van der Waals surface area contributed by atoms with Crippen LogP contribution in [0.2, 0.25) is 10.0 Å². The number of fused-ring (bicyclic) bond motifs is 1. The average Bonchev–Trinajstić information content (AvgIpc) is 3.09. The average molecular weight is 489 g/mol. The van der Waals surface area contributed by atoms with E-state index in [-0.39, 0.29) is 11.1 Å². The van der Waals surface area contributed by atoms with E-state index >= 15 is 0 Å². The van der Waals surface area contributed by atoms with E-state index in [0.717, 1.165) is 5.56 Å². The molecule has 1 atom stereocenters. The van der Waals surface area contributed by atoms with Crippen LogP contribution >= 0.6 is 34.5 Å². The summed E-state index contributed by atoms with van der Waals surface area (Å²) in [5, 5.41) is 0.823. The fraction of sp³-hybridized carbons (Fsp3) is 0.174. The highest BCUT2D eigenvalue weighted by molar-refractivity contribution is 7.07. The topological polar surface area (TPSA) is 69.9 Å². The van der Waals surface area contributed by atoms with Crippen LogP contribution in [0.25, 0.3) is 6.08 Å². The lowest BCUT2D eigenvalue weighted by molar-refractivity contribution is -0.136. The number of thiazole rings is 1. The lowest BCUT2D eigenvalue weighted by Gasteiger charge is -2.25. The molecule has 2 aromatic carbocycles. The Morgan fingerprint density at radius 1 is 1.16 bits per heavy atom. The first-order valence-electron chi connectivity index (χ1n) is 9.54. The van der Waals surface area contributed by atoms with Crippen LogP contribution in [0.1, 0.15) is 24.1 Å². The van der Waals surface area contributed by atoms with Crippen molar-refractivity contribution in [2.24, 2.45) is 4.99 Å². The van der Waals surface area contributed by atoms with E-state index < -0.39 is 12.0 Å². The van der Waals surface area contributed by atoms with Crippen molar-refractivity contribution in [3.05, 3.63) is 94.6 Å². The van der Waals surface area contributed by atoms with E-state index in [4.69, 9.17) is 32.7 Å². The molecule has 164 valence electrons. The van der Waals surface area contributed by atoms with Gasteiger partial charge >= 0.3 is 5.97 Å². The number of allylic oxidation sites excluding steroid dienone is 1. The van der Waals surface area contributed by atoms with Gasteiger partial charge in [0, 0.05) is 5.56 Å². The molecule has 0 N–H and O–H groups in total. The number of ether oxygens (including phenoxy) is 2. The summed E-state index contributed by atoms with van der Waals surface area (Å²) in [6, 6.07) is 11.6. The number of aromatic nitrogens is 1. The monoisotopic (exact) mass is 488 g/mol. The van der Waals surface area contributed by atoms with Gasteiger partial charge in [-0.2, -0.15) is 0 Å². The minimum atomic E-state index is -0.745. The van der Waals surface area contributed by atoms with E-state index in [0.29, 0.717) is 36.4 Å². The molecule has 0 saturated heterocycles. The summed E-state index contributed by atoms with van der Waals surface area (Å²) in [6.45, 7) is 1.73. The predicted octanol–water partition coefficient (Wildman–Crippen LogP) is 3.72. The molecule has 0 spiro atoms. The number of hydrogen-bond acceptors (Lipinski definition) is 6. The van der Waals surface area contributed by atoms with Crippen LogP contribution in [-0.2, 0) is 9.53 Å². The van der Waals surface area contributed by atoms with Crippen molar-refractivity contribution >= 4 is 46.6 Å². The van der Waals surface area contributed by atoms with Crippen LogP contribution < -0.4 is 19.6 Å². The van der Waals surface area contributed by atoms with Crippen molar-refractivity contribution in [2.45, 2.75) is 13.0 Å². The third-order valence-corrected chi connectivity index (χ3v) is 6.82. The van der Waals surface area contributed by atoms with Crippen LogP contribution in [0.15, 0.2) is 63.5 Å². The lowest BCUT2D eigenvalue weighted by atomic mass is 9.95. The zero-order valence-electron chi connectivity index (χ0n) is 17.4. The lowest BCUT2D eigenvalue weighted by Crippen LogP contribution is -2.40. The Kier molecular flexibility index (Phi) is 6.24. The Morgan fingerprint density at radius 3 is 2.59 bits per heavy atom. The summed E-state index contributed by atoms with van der Waals surface area (Å²) < 4.78 is 12.5. The molecule has 2 heterocycles. The molecule has 0 unspecified atom stereocenters. The molecule has 0 fully saturated rings. The second-order valence-electron chi connectivity index (χ2n) is 6.99. The molecular formula is C23H18Cl2N2O4S. The maximum absolute atomic E-state index is 13.5. The predicted molar refractivity (Wildman–Crippen MR) is 125 cm³/mol. The Morgan fingerprint density at radius 2 is 1.91 bits per heavy atom. The van der Waals surface area contributed by atoms with E-state index in [1.807, 2.05) is 18.2 Å². The fourth-order valence-electron chi connectivity index (χ4n) is 3.63. The molecule has 0 saturated carbocycles. The van der Waals surface area contributed by atoms with Crippen LogP contribution in [0.5, 0.6) is 5.75 Å². The highest BCUT2D eigenvalue weighted by Gasteiger charge is 2.34. The smallest absolute Gasteiger partial charge is 0.338 e. The maximum atomic E-state index is 13.5. The van der Waals surface area contributed by atoms with Gasteiger partial charge in [0.25, 0.3) is 5.56 Å². The van der Waals surface area contributed by atoms with E-state index in [2.05, 4.69) is 4.99 Å². The highest BCUT2D eigenvalue weighted by Crippen LogP contribution is 2.35. The van der Waals surface area contributed by atoms with Gasteiger partial charge in [0.1, 0.15) is 11.8 Å². The highest BCUT2D eigenvalue weighted by atomic mass is 35.5. The first-order chi connectivity index (χ1) is 15.3. The molecule has 32 heavy (non-hydrogen) atoms. The normalized spacial score (nSPS) is 15.9. The number of halogens is 2. The van der Waals surface area contributed by atoms with Crippen LogP contribution in [0.4, 0.5) is 0 Å². The first-order valence-corrected chi connectivity index (χ1v) is 11.1. The van der Waals surface area contributed by atoms with Crippen LogP contribution in [0, 0.1) is 0 Å². The molecule has 0 radical (unpaired) electrons. The Hall–Kier alpha value is -2.87. The van der Waals surface area contributed by atoms with Crippen molar-refractivity contribution in [3.8, 4) is 5.75 Å². The summed E-state index contributed by atoms with van der Waals surface area (Å²) in [5.74, 6) is -0.00594. The molecule has 3 aromatic rings. The molecule has 9 heteroatoms. The zero-order chi connectivity index (χ0) is 23.0. The molecule has 1 aromatic heterocycles. The van der Waals surface area contributed by atoms with Crippen LogP contribution in [-0.4, -0.2) is 24.8 Å². The minimum absolute atomic E-state index is 0.283. The number of carbonyl (C=O) groups excluding carboxylic acids is 1. The Bertz CT molecular complexity index is 1440. The Balaban J connectivity index is 2.00. The SMILES string of the molecule is COC(=O)C1=C(C)N=c2s/c(=C\c3ccc(Cl)c(Cl)c3)c(=O)n2[C@@H]1c1ccccc1OC. The number of esters is 1. The number of methoxy groups -OCH3 is 2. The van der Waals surface area contributed by atoms with Crippen LogP contribution in [0.3, 0.4) is 0 Å². The van der Waals surface area contributed by atoms with Crippen molar-refractivity contribution in [1.82, 2.24) is 4.57 Å². The summed E-state index contributed by atoms with van der Waals surface area (Å²) >= 11 is 13.4. The number of carbonyl (C=O) groups is 1. The van der Waals surface area contributed by atoms with E-state index in [9.17, 15) is 9.59 Å². The molecule has 4 rings (SSSR count). The molecular weight excluding hydrogens is 471 g/mol. The summed E-state index contributed by atoms with van der Waals surface area (Å²) in [7, 11) is 2.85. The number of nitrogens with zero attached hydrogens (tertiary/aromatic N) is 2. The molecule has 0 bridgehead atoms.